The number of hydrogen-bond acceptors (Lipinski definition) is 4. The van der Waals surface area contributed by atoms with Crippen LogP contribution < -0.4 is 10.2 Å². The number of pyridine rings is 1. The molecular formula is C15H20IN3O3. The molecular weight excluding hydrogens is 397 g/mol. The fourth-order valence-corrected chi connectivity index (χ4v) is 4.45. The zero-order valence-electron chi connectivity index (χ0n) is 13.2. The van der Waals surface area contributed by atoms with Crippen molar-refractivity contribution in [2.24, 2.45) is 0 Å². The SMILES string of the molecule is CCN1C[C@@H]2C[C@@H](N(C)C)c3c(I)c(=O)c(OC)c(n32)C1=O. The molecule has 6 nitrogen and oxygen atoms in total. The Morgan fingerprint density at radius 2 is 2.05 bits per heavy atom. The molecule has 0 saturated carbocycles. The molecule has 0 fully saturated rings. The first-order valence-electron chi connectivity index (χ1n) is 7.39. The molecule has 2 aliphatic rings. The second-order valence-corrected chi connectivity index (χ2v) is 7.07. The fraction of sp³-hybridized carbons (Fsp3) is 0.600. The van der Waals surface area contributed by atoms with E-state index in [1.165, 1.54) is 7.11 Å². The second kappa shape index (κ2) is 5.52. The van der Waals surface area contributed by atoms with Crippen molar-refractivity contribution in [1.29, 1.82) is 0 Å². The summed E-state index contributed by atoms with van der Waals surface area (Å²) in [5.41, 5.74) is 1.20. The van der Waals surface area contributed by atoms with Gasteiger partial charge in [0.15, 0.2) is 11.4 Å². The maximum atomic E-state index is 12.8. The summed E-state index contributed by atoms with van der Waals surface area (Å²) >= 11 is 2.09. The van der Waals surface area contributed by atoms with E-state index in [1.807, 2.05) is 21.0 Å². The van der Waals surface area contributed by atoms with Crippen molar-refractivity contribution in [2.75, 3.05) is 34.3 Å². The monoisotopic (exact) mass is 417 g/mol. The van der Waals surface area contributed by atoms with Crippen LogP contribution in [0.4, 0.5) is 0 Å². The van der Waals surface area contributed by atoms with Gasteiger partial charge in [0.05, 0.1) is 28.5 Å². The molecule has 1 aromatic heterocycles. The first-order valence-corrected chi connectivity index (χ1v) is 8.47. The predicted octanol–water partition coefficient (Wildman–Crippen LogP) is 1.48. The Morgan fingerprint density at radius 1 is 1.36 bits per heavy atom. The minimum atomic E-state index is -0.178. The van der Waals surface area contributed by atoms with Crippen molar-refractivity contribution < 1.29 is 9.53 Å². The van der Waals surface area contributed by atoms with E-state index in [0.29, 0.717) is 22.4 Å². The average molecular weight is 417 g/mol. The highest BCUT2D eigenvalue weighted by Gasteiger charge is 2.44. The van der Waals surface area contributed by atoms with Gasteiger partial charge in [-0.2, -0.15) is 0 Å². The Kier molecular flexibility index (Phi) is 3.96. The van der Waals surface area contributed by atoms with Crippen molar-refractivity contribution >= 4 is 28.5 Å². The molecule has 120 valence electrons. The van der Waals surface area contributed by atoms with Gasteiger partial charge >= 0.3 is 0 Å². The average Bonchev–Trinajstić information content (AvgIpc) is 2.87. The van der Waals surface area contributed by atoms with Crippen LogP contribution in [0.3, 0.4) is 0 Å². The molecule has 2 aliphatic heterocycles. The molecule has 3 rings (SSSR count). The highest BCUT2D eigenvalue weighted by Crippen LogP contribution is 2.44. The highest BCUT2D eigenvalue weighted by molar-refractivity contribution is 14.1. The van der Waals surface area contributed by atoms with E-state index in [2.05, 4.69) is 32.1 Å². The van der Waals surface area contributed by atoms with Crippen LogP contribution in [0.25, 0.3) is 0 Å². The summed E-state index contributed by atoms with van der Waals surface area (Å²) in [6, 6.07) is 0.358. The number of halogens is 1. The van der Waals surface area contributed by atoms with Crippen molar-refractivity contribution in [3.8, 4) is 5.75 Å². The van der Waals surface area contributed by atoms with Crippen molar-refractivity contribution in [3.63, 3.8) is 0 Å². The molecule has 2 atom stereocenters. The minimum Gasteiger partial charge on any atom is -0.491 e. The quantitative estimate of drug-likeness (QED) is 0.700. The summed E-state index contributed by atoms with van der Waals surface area (Å²) in [5, 5.41) is 0. The number of hydrogen-bond donors (Lipinski definition) is 0. The second-order valence-electron chi connectivity index (χ2n) is 5.99. The van der Waals surface area contributed by atoms with Gasteiger partial charge in [0.2, 0.25) is 5.43 Å². The number of ether oxygens (including phenoxy) is 1. The van der Waals surface area contributed by atoms with Crippen LogP contribution in [0.1, 0.15) is 41.6 Å². The molecule has 0 bridgehead atoms. The Morgan fingerprint density at radius 3 is 2.59 bits per heavy atom. The molecule has 0 radical (unpaired) electrons. The lowest BCUT2D eigenvalue weighted by atomic mass is 10.1. The van der Waals surface area contributed by atoms with Gasteiger partial charge in [0.1, 0.15) is 0 Å². The first-order chi connectivity index (χ1) is 10.4. The van der Waals surface area contributed by atoms with Gasteiger partial charge in [-0.3, -0.25) is 9.59 Å². The van der Waals surface area contributed by atoms with Gasteiger partial charge in [-0.05, 0) is 50.0 Å². The number of amides is 1. The number of likely N-dealkylation sites (N-methyl/N-ethyl adjacent to an activating group) is 1. The third-order valence-corrected chi connectivity index (χ3v) is 5.69. The van der Waals surface area contributed by atoms with E-state index in [1.54, 1.807) is 4.90 Å². The summed E-state index contributed by atoms with van der Waals surface area (Å²) in [4.78, 5) is 29.3. The number of nitrogens with zero attached hydrogens (tertiary/aromatic N) is 3. The summed E-state index contributed by atoms with van der Waals surface area (Å²) < 4.78 is 8.04. The fourth-order valence-electron chi connectivity index (χ4n) is 3.58. The minimum absolute atomic E-state index is 0.107. The predicted molar refractivity (Wildman–Crippen MR) is 91.6 cm³/mol. The largest absolute Gasteiger partial charge is 0.491 e. The van der Waals surface area contributed by atoms with Gasteiger partial charge < -0.3 is 19.1 Å². The van der Waals surface area contributed by atoms with Crippen LogP contribution in [0.2, 0.25) is 0 Å². The van der Waals surface area contributed by atoms with Gasteiger partial charge in [-0.1, -0.05) is 0 Å². The number of rotatable bonds is 3. The van der Waals surface area contributed by atoms with Crippen LogP contribution in [0.15, 0.2) is 4.79 Å². The normalized spacial score (nSPS) is 23.2. The van der Waals surface area contributed by atoms with E-state index < -0.39 is 0 Å². The summed E-state index contributed by atoms with van der Waals surface area (Å²) in [6.45, 7) is 3.30. The topological polar surface area (TPSA) is 54.8 Å². The maximum Gasteiger partial charge on any atom is 0.274 e. The van der Waals surface area contributed by atoms with Gasteiger partial charge in [-0.25, -0.2) is 0 Å². The zero-order chi connectivity index (χ0) is 16.2. The number of carbonyl (C=O) groups excluding carboxylic acids is 1. The number of carbonyl (C=O) groups is 1. The molecule has 0 N–H and O–H groups in total. The lowest BCUT2D eigenvalue weighted by Crippen LogP contribution is -2.44. The highest BCUT2D eigenvalue weighted by atomic mass is 127. The molecule has 1 amide bonds. The van der Waals surface area contributed by atoms with E-state index in [-0.39, 0.29) is 29.2 Å². The molecule has 0 unspecified atom stereocenters. The van der Waals surface area contributed by atoms with Crippen molar-refractivity contribution in [3.05, 3.63) is 25.2 Å². The van der Waals surface area contributed by atoms with E-state index in [0.717, 1.165) is 12.1 Å². The molecule has 0 aromatic carbocycles. The molecule has 0 aliphatic carbocycles. The van der Waals surface area contributed by atoms with Crippen LogP contribution in [-0.2, 0) is 0 Å². The molecule has 22 heavy (non-hydrogen) atoms. The zero-order valence-corrected chi connectivity index (χ0v) is 15.4. The Labute approximate surface area is 143 Å². The molecule has 0 spiro atoms. The van der Waals surface area contributed by atoms with Crippen molar-refractivity contribution in [1.82, 2.24) is 14.4 Å². The third kappa shape index (κ3) is 2.01. The summed E-state index contributed by atoms with van der Waals surface area (Å²) in [7, 11) is 5.49. The standard InChI is InChI=1S/C15H20IN3O3/c1-5-18-7-8-6-9(17(2)3)11-10(16)13(20)14(22-4)12(15(18)21)19(8)11/h8-9H,5-7H2,1-4H3/t8-,9+/m0/s1. The Balaban J connectivity index is 2.35. The number of methoxy groups -OCH3 is 1. The molecule has 7 heteroatoms. The van der Waals surface area contributed by atoms with Gasteiger partial charge in [0, 0.05) is 13.1 Å². The summed E-state index contributed by atoms with van der Waals surface area (Å²) in [5.74, 6) is 0.0745. The smallest absolute Gasteiger partial charge is 0.274 e. The maximum absolute atomic E-state index is 12.8. The molecule has 1 aromatic rings. The van der Waals surface area contributed by atoms with Crippen LogP contribution >= 0.6 is 22.6 Å². The van der Waals surface area contributed by atoms with E-state index in [4.69, 9.17) is 4.74 Å². The Bertz CT molecular complexity index is 698. The molecule has 0 saturated heterocycles. The lowest BCUT2D eigenvalue weighted by molar-refractivity contribution is 0.0674. The van der Waals surface area contributed by atoms with Gasteiger partial charge in [0.25, 0.3) is 5.91 Å². The Hall–Kier alpha value is -1.09. The number of aromatic nitrogens is 1. The summed E-state index contributed by atoms with van der Waals surface area (Å²) in [6.07, 6.45) is 0.909. The van der Waals surface area contributed by atoms with Crippen LogP contribution in [0.5, 0.6) is 5.75 Å². The first kappa shape index (κ1) is 15.8. The molecule has 3 heterocycles. The van der Waals surface area contributed by atoms with Gasteiger partial charge in [-0.15, -0.1) is 0 Å². The van der Waals surface area contributed by atoms with Crippen molar-refractivity contribution in [2.45, 2.75) is 25.4 Å². The third-order valence-electron chi connectivity index (χ3n) is 4.65. The van der Waals surface area contributed by atoms with E-state index >= 15 is 0 Å². The van der Waals surface area contributed by atoms with Crippen LogP contribution in [-0.4, -0.2) is 54.6 Å². The lowest BCUT2D eigenvalue weighted by Gasteiger charge is -2.34. The van der Waals surface area contributed by atoms with Crippen LogP contribution in [0, 0.1) is 3.57 Å². The van der Waals surface area contributed by atoms with E-state index in [9.17, 15) is 9.59 Å².